The molecule has 1 amide bonds. The largest absolute Gasteiger partial charge is 0.284 e. The predicted octanol–water partition coefficient (Wildman–Crippen LogP) is 4.81. The molecule has 0 saturated heterocycles. The molecule has 0 N–H and O–H groups in total. The molecule has 0 bridgehead atoms. The van der Waals surface area contributed by atoms with Crippen LogP contribution < -0.4 is 4.90 Å². The molecule has 6 nitrogen and oxygen atoms in total. The molecule has 0 saturated carbocycles. The molecule has 32 heavy (non-hydrogen) atoms. The number of rotatable bonds is 8. The second-order valence-corrected chi connectivity index (χ2v) is 11.3. The number of fused-ring (bicyclic) bond motifs is 1. The van der Waals surface area contributed by atoms with Crippen molar-refractivity contribution in [1.82, 2.24) is 9.97 Å². The van der Waals surface area contributed by atoms with Gasteiger partial charge in [0.2, 0.25) is 5.91 Å². The summed E-state index contributed by atoms with van der Waals surface area (Å²) in [6, 6.07) is 18.6. The van der Waals surface area contributed by atoms with Crippen molar-refractivity contribution in [2.45, 2.75) is 22.8 Å². The van der Waals surface area contributed by atoms with E-state index >= 15 is 0 Å². The smallest absolute Gasteiger partial charge is 0.229 e. The van der Waals surface area contributed by atoms with E-state index in [-0.39, 0.29) is 10.8 Å². The molecule has 2 heterocycles. The summed E-state index contributed by atoms with van der Waals surface area (Å²) in [5.74, 6) is 0.606. The molecule has 0 aliphatic carbocycles. The standard InChI is InChI=1S/C23H21N3O3S3/c1-32(28,29)19-9-10-20-21(14-19)31-23(25-20)26(16-17-6-5-12-24-15-17)22(27)11-13-30-18-7-3-2-4-8-18/h2-10,12,14-15H,11,13,16H2,1H3. The van der Waals surface area contributed by atoms with Gasteiger partial charge in [0.15, 0.2) is 15.0 Å². The monoisotopic (exact) mass is 483 g/mol. The zero-order valence-corrected chi connectivity index (χ0v) is 19.8. The molecule has 0 radical (unpaired) electrons. The van der Waals surface area contributed by atoms with E-state index in [1.165, 1.54) is 17.6 Å². The van der Waals surface area contributed by atoms with Crippen molar-refractivity contribution in [3.05, 3.63) is 78.6 Å². The van der Waals surface area contributed by atoms with E-state index in [4.69, 9.17) is 0 Å². The van der Waals surface area contributed by atoms with Gasteiger partial charge in [-0.15, -0.1) is 11.8 Å². The average Bonchev–Trinajstić information content (AvgIpc) is 3.21. The molecular weight excluding hydrogens is 462 g/mol. The Morgan fingerprint density at radius 1 is 1.09 bits per heavy atom. The van der Waals surface area contributed by atoms with E-state index in [1.54, 1.807) is 47.3 Å². The van der Waals surface area contributed by atoms with E-state index in [1.807, 2.05) is 42.5 Å². The highest BCUT2D eigenvalue weighted by Crippen LogP contribution is 2.32. The van der Waals surface area contributed by atoms with Crippen LogP contribution in [0.5, 0.6) is 0 Å². The van der Waals surface area contributed by atoms with Crippen LogP contribution in [0.4, 0.5) is 5.13 Å². The SMILES string of the molecule is CS(=O)(=O)c1ccc2nc(N(Cc3cccnc3)C(=O)CCSc3ccccc3)sc2c1. The van der Waals surface area contributed by atoms with Gasteiger partial charge in [-0.25, -0.2) is 13.4 Å². The lowest BCUT2D eigenvalue weighted by Crippen LogP contribution is -2.30. The first-order valence-electron chi connectivity index (χ1n) is 9.88. The molecule has 0 fully saturated rings. The second-order valence-electron chi connectivity index (χ2n) is 7.15. The van der Waals surface area contributed by atoms with Gasteiger partial charge in [-0.3, -0.25) is 14.7 Å². The van der Waals surface area contributed by atoms with Gasteiger partial charge < -0.3 is 0 Å². The van der Waals surface area contributed by atoms with Crippen molar-refractivity contribution >= 4 is 54.2 Å². The van der Waals surface area contributed by atoms with Crippen LogP contribution in [0.2, 0.25) is 0 Å². The quantitative estimate of drug-likeness (QED) is 0.335. The number of amides is 1. The molecule has 0 aliphatic rings. The lowest BCUT2D eigenvalue weighted by molar-refractivity contribution is -0.118. The van der Waals surface area contributed by atoms with Crippen molar-refractivity contribution in [2.24, 2.45) is 0 Å². The fourth-order valence-corrected chi connectivity index (χ4v) is 5.69. The summed E-state index contributed by atoms with van der Waals surface area (Å²) in [5, 5.41) is 0.546. The number of aromatic nitrogens is 2. The minimum atomic E-state index is -3.32. The minimum absolute atomic E-state index is 0.0420. The number of thiazole rings is 1. The van der Waals surface area contributed by atoms with Crippen molar-refractivity contribution < 1.29 is 13.2 Å². The van der Waals surface area contributed by atoms with Gasteiger partial charge in [0.1, 0.15) is 0 Å². The molecule has 2 aromatic heterocycles. The van der Waals surface area contributed by atoms with Crippen molar-refractivity contribution in [3.63, 3.8) is 0 Å². The molecule has 4 aromatic rings. The molecule has 9 heteroatoms. The summed E-state index contributed by atoms with van der Waals surface area (Å²) in [4.78, 5) is 25.0. The Kier molecular flexibility index (Phi) is 6.88. The first-order valence-corrected chi connectivity index (χ1v) is 13.6. The van der Waals surface area contributed by atoms with Crippen LogP contribution in [0.3, 0.4) is 0 Å². The van der Waals surface area contributed by atoms with Crippen LogP contribution in [0.25, 0.3) is 10.2 Å². The molecule has 4 rings (SSSR count). The van der Waals surface area contributed by atoms with Crippen molar-refractivity contribution in [2.75, 3.05) is 16.9 Å². The van der Waals surface area contributed by atoms with Gasteiger partial charge in [-0.2, -0.15) is 0 Å². The van der Waals surface area contributed by atoms with Gasteiger partial charge in [-0.1, -0.05) is 35.6 Å². The third-order valence-electron chi connectivity index (χ3n) is 4.70. The molecule has 0 aliphatic heterocycles. The Labute approximate surface area is 195 Å². The van der Waals surface area contributed by atoms with Crippen LogP contribution in [-0.2, 0) is 21.2 Å². The minimum Gasteiger partial charge on any atom is -0.284 e. The summed E-state index contributed by atoms with van der Waals surface area (Å²) in [5.41, 5.74) is 1.56. The number of nitrogens with zero attached hydrogens (tertiary/aromatic N) is 3. The van der Waals surface area contributed by atoms with Gasteiger partial charge in [-0.05, 0) is 42.0 Å². The van der Waals surface area contributed by atoms with Crippen LogP contribution in [0.15, 0.2) is 82.8 Å². The Bertz CT molecular complexity index is 1320. The number of anilines is 1. The van der Waals surface area contributed by atoms with E-state index < -0.39 is 9.84 Å². The Balaban J connectivity index is 1.59. The average molecular weight is 484 g/mol. The number of benzene rings is 2. The summed E-state index contributed by atoms with van der Waals surface area (Å²) in [7, 11) is -3.32. The van der Waals surface area contributed by atoms with Crippen LogP contribution in [-0.4, -0.2) is 36.3 Å². The maximum Gasteiger partial charge on any atom is 0.229 e. The Morgan fingerprint density at radius 3 is 2.62 bits per heavy atom. The zero-order chi connectivity index (χ0) is 22.6. The summed E-state index contributed by atoms with van der Waals surface area (Å²) < 4.78 is 24.6. The highest BCUT2D eigenvalue weighted by atomic mass is 32.2. The topological polar surface area (TPSA) is 80.2 Å². The number of hydrogen-bond acceptors (Lipinski definition) is 7. The first kappa shape index (κ1) is 22.4. The van der Waals surface area contributed by atoms with Gasteiger partial charge in [0.05, 0.1) is 21.7 Å². The normalized spacial score (nSPS) is 11.5. The number of thioether (sulfide) groups is 1. The number of carbonyl (C=O) groups excluding carboxylic acids is 1. The highest BCUT2D eigenvalue weighted by molar-refractivity contribution is 7.99. The van der Waals surface area contributed by atoms with Gasteiger partial charge >= 0.3 is 0 Å². The number of pyridine rings is 1. The molecular formula is C23H21N3O3S3. The third-order valence-corrected chi connectivity index (χ3v) is 7.87. The fraction of sp³-hybridized carbons (Fsp3) is 0.174. The maximum absolute atomic E-state index is 13.2. The van der Waals surface area contributed by atoms with Gasteiger partial charge in [0.25, 0.3) is 0 Å². The zero-order valence-electron chi connectivity index (χ0n) is 17.3. The lowest BCUT2D eigenvalue weighted by Gasteiger charge is -2.20. The Hall–Kier alpha value is -2.75. The van der Waals surface area contributed by atoms with E-state index in [0.717, 1.165) is 15.2 Å². The molecule has 2 aromatic carbocycles. The number of carbonyl (C=O) groups is 1. The second kappa shape index (κ2) is 9.81. The Morgan fingerprint density at radius 2 is 1.91 bits per heavy atom. The van der Waals surface area contributed by atoms with Crippen molar-refractivity contribution in [3.8, 4) is 0 Å². The summed E-state index contributed by atoms with van der Waals surface area (Å²) in [6.07, 6.45) is 4.95. The van der Waals surface area contributed by atoms with E-state index in [9.17, 15) is 13.2 Å². The molecule has 0 spiro atoms. The van der Waals surface area contributed by atoms with Crippen LogP contribution in [0.1, 0.15) is 12.0 Å². The molecule has 0 atom stereocenters. The fourth-order valence-electron chi connectivity index (χ4n) is 3.08. The first-order chi connectivity index (χ1) is 15.4. The van der Waals surface area contributed by atoms with Crippen LogP contribution >= 0.6 is 23.1 Å². The number of sulfone groups is 1. The van der Waals surface area contributed by atoms with Crippen molar-refractivity contribution in [1.29, 1.82) is 0 Å². The summed E-state index contributed by atoms with van der Waals surface area (Å²) >= 11 is 2.95. The van der Waals surface area contributed by atoms with Gasteiger partial charge in [0, 0.05) is 35.7 Å². The highest BCUT2D eigenvalue weighted by Gasteiger charge is 2.21. The maximum atomic E-state index is 13.2. The van der Waals surface area contributed by atoms with E-state index in [2.05, 4.69) is 9.97 Å². The predicted molar refractivity (Wildman–Crippen MR) is 130 cm³/mol. The summed E-state index contributed by atoms with van der Waals surface area (Å²) in [6.45, 7) is 0.349. The number of hydrogen-bond donors (Lipinski definition) is 0. The molecule has 0 unspecified atom stereocenters. The van der Waals surface area contributed by atoms with Crippen LogP contribution in [0, 0.1) is 0 Å². The lowest BCUT2D eigenvalue weighted by atomic mass is 10.2. The van der Waals surface area contributed by atoms with E-state index in [0.29, 0.717) is 29.4 Å². The third kappa shape index (κ3) is 5.53. The molecule has 164 valence electrons.